The molecule has 234 valence electrons. The molecule has 0 amide bonds. The fourth-order valence-electron chi connectivity index (χ4n) is 5.93. The molecule has 0 unspecified atom stereocenters. The van der Waals surface area contributed by atoms with Crippen LogP contribution in [0.2, 0.25) is 25.0 Å². The van der Waals surface area contributed by atoms with E-state index in [1.54, 1.807) is 13.0 Å². The van der Waals surface area contributed by atoms with Crippen LogP contribution in [0, 0.1) is 18.3 Å². The van der Waals surface area contributed by atoms with Crippen LogP contribution in [0.3, 0.4) is 0 Å². The highest BCUT2D eigenvalue weighted by atomic mass is 28.4. The van der Waals surface area contributed by atoms with Crippen LogP contribution < -0.4 is 10.1 Å². The molecule has 1 atom stereocenters. The Hall–Kier alpha value is -3.24. The van der Waals surface area contributed by atoms with Crippen LogP contribution in [0.25, 0.3) is 11.3 Å². The summed E-state index contributed by atoms with van der Waals surface area (Å²) in [5.41, 5.74) is 5.19. The summed E-state index contributed by atoms with van der Waals surface area (Å²) in [6, 6.07) is 8.63. The number of nitriles is 1. The molecule has 0 saturated carbocycles. The van der Waals surface area contributed by atoms with Gasteiger partial charge in [-0.3, -0.25) is 4.68 Å². The Morgan fingerprint density at radius 3 is 2.59 bits per heavy atom. The molecule has 3 aromatic rings. The maximum Gasteiger partial charge on any atom is 0.409 e. The number of nitrogens with zero attached hydrogens (tertiary/aromatic N) is 7. The molecule has 0 aliphatic carbocycles. The third-order valence-electron chi connectivity index (χ3n) is 9.87. The molecule has 1 fully saturated rings. The zero-order valence-electron chi connectivity index (χ0n) is 27.8. The highest BCUT2D eigenvalue weighted by Crippen LogP contribution is 2.47. The van der Waals surface area contributed by atoms with E-state index >= 15 is 0 Å². The molecule has 12 heteroatoms. The van der Waals surface area contributed by atoms with Crippen molar-refractivity contribution in [3.8, 4) is 17.3 Å². The zero-order chi connectivity index (χ0) is 32.0. The van der Waals surface area contributed by atoms with Gasteiger partial charge in [-0.1, -0.05) is 27.7 Å². The van der Waals surface area contributed by atoms with E-state index in [0.717, 1.165) is 54.1 Å². The van der Waals surface area contributed by atoms with Gasteiger partial charge in [-0.05, 0) is 88.6 Å². The largest absolute Gasteiger partial charge is 0.432 e. The van der Waals surface area contributed by atoms with Crippen molar-refractivity contribution < 1.29 is 9.45 Å². The summed E-state index contributed by atoms with van der Waals surface area (Å²) in [5.74, 6) is 0.474. The van der Waals surface area contributed by atoms with Crippen molar-refractivity contribution in [2.45, 2.75) is 83.9 Å². The van der Waals surface area contributed by atoms with Crippen molar-refractivity contribution in [3.63, 3.8) is 0 Å². The highest BCUT2D eigenvalue weighted by Gasteiger charge is 2.46. The van der Waals surface area contributed by atoms with Crippen LogP contribution in [-0.2, 0) is 9.84 Å². The summed E-state index contributed by atoms with van der Waals surface area (Å²) in [6.07, 6.45) is 5.95. The molecule has 2 aliphatic heterocycles. The van der Waals surface area contributed by atoms with E-state index in [1.807, 2.05) is 23.9 Å². The van der Waals surface area contributed by atoms with E-state index < -0.39 is 20.8 Å². The molecule has 2 aromatic heterocycles. The number of likely N-dealkylation sites (tertiary alicyclic amines) is 1. The summed E-state index contributed by atoms with van der Waals surface area (Å²) < 4.78 is 8.81. The first-order valence-electron chi connectivity index (χ1n) is 15.6. The third-order valence-corrected chi connectivity index (χ3v) is 14.4. The van der Waals surface area contributed by atoms with Crippen molar-refractivity contribution in [1.82, 2.24) is 24.6 Å². The van der Waals surface area contributed by atoms with Gasteiger partial charge >= 0.3 is 7.05 Å². The van der Waals surface area contributed by atoms with Crippen LogP contribution in [0.5, 0.6) is 0 Å². The maximum atomic E-state index is 10.7. The lowest BCUT2D eigenvalue weighted by molar-refractivity contribution is 0.212. The van der Waals surface area contributed by atoms with Crippen LogP contribution in [0.1, 0.15) is 63.4 Å². The number of hydrogen-bond donors (Lipinski definition) is 2. The number of fused-ring (bicyclic) bond motifs is 1. The molecule has 4 heterocycles. The molecule has 0 radical (unpaired) electrons. The van der Waals surface area contributed by atoms with Gasteiger partial charge in [0.1, 0.15) is 6.07 Å². The number of aryl methyl sites for hydroxylation is 1. The lowest BCUT2D eigenvalue weighted by Gasteiger charge is -2.39. The molecule has 44 heavy (non-hydrogen) atoms. The molecule has 10 nitrogen and oxygen atoms in total. The number of hydrogen-bond acceptors (Lipinski definition) is 9. The predicted octanol–water partition coefficient (Wildman–Crippen LogP) is 5.74. The Bertz CT molecular complexity index is 1550. The number of benzene rings is 1. The summed E-state index contributed by atoms with van der Waals surface area (Å²) in [4.78, 5) is 13.6. The second-order valence-corrected chi connectivity index (χ2v) is 19.2. The molecule has 2 aliphatic rings. The minimum Gasteiger partial charge on any atom is -0.432 e. The number of aromatic nitrogens is 4. The first-order chi connectivity index (χ1) is 20.6. The monoisotopic (exact) mass is 614 g/mol. The fraction of sp³-hybridized carbons (Fsp3) is 0.562. The van der Waals surface area contributed by atoms with Crippen LogP contribution in [0.4, 0.5) is 17.3 Å². The minimum absolute atomic E-state index is 0.0702. The number of rotatable bonds is 8. The van der Waals surface area contributed by atoms with Gasteiger partial charge in [0.25, 0.3) is 0 Å². The lowest BCUT2D eigenvalue weighted by atomic mass is 9.83. The lowest BCUT2D eigenvalue weighted by Crippen LogP contribution is -2.47. The minimum atomic E-state index is -2.04. The van der Waals surface area contributed by atoms with Gasteiger partial charge in [-0.2, -0.15) is 10.4 Å². The van der Waals surface area contributed by atoms with E-state index in [2.05, 4.69) is 86.1 Å². The Morgan fingerprint density at radius 1 is 1.25 bits per heavy atom. The molecule has 1 saturated heterocycles. The van der Waals surface area contributed by atoms with Gasteiger partial charge in [-0.15, -0.1) is 0 Å². The number of piperidine rings is 1. The SMILES string of the molecule is CB(O)N1C[C@](C)(CO[Si](C)(C)C(C)(C)C)c2cc(-c3ccnc(Nc4cn(C5CCN(C)CC5)nc4C)n3)cc(C#N)c21. The van der Waals surface area contributed by atoms with E-state index in [0.29, 0.717) is 36.4 Å². The summed E-state index contributed by atoms with van der Waals surface area (Å²) in [7, 11) is -0.614. The summed E-state index contributed by atoms with van der Waals surface area (Å²) in [5, 5.41) is 29.3. The van der Waals surface area contributed by atoms with Gasteiger partial charge in [0.2, 0.25) is 5.95 Å². The average Bonchev–Trinajstić information content (AvgIpc) is 3.48. The summed E-state index contributed by atoms with van der Waals surface area (Å²) in [6.45, 7) is 20.3. The second-order valence-electron chi connectivity index (χ2n) is 14.4. The second kappa shape index (κ2) is 11.9. The third kappa shape index (κ3) is 6.29. The van der Waals surface area contributed by atoms with Gasteiger partial charge in [0, 0.05) is 42.2 Å². The Kier molecular flexibility index (Phi) is 8.72. The fourth-order valence-corrected chi connectivity index (χ4v) is 7.04. The van der Waals surface area contributed by atoms with Crippen LogP contribution >= 0.6 is 0 Å². The van der Waals surface area contributed by atoms with Crippen LogP contribution in [0.15, 0.2) is 30.6 Å². The predicted molar refractivity (Wildman–Crippen MR) is 180 cm³/mol. The molecule has 5 rings (SSSR count). The van der Waals surface area contributed by atoms with Gasteiger partial charge in [0.05, 0.1) is 28.7 Å². The molecular weight excluding hydrogens is 567 g/mol. The normalized spacial score (nSPS) is 19.6. The van der Waals surface area contributed by atoms with Crippen molar-refractivity contribution in [2.24, 2.45) is 0 Å². The quantitative estimate of drug-likeness (QED) is 0.307. The highest BCUT2D eigenvalue weighted by molar-refractivity contribution is 6.74. The van der Waals surface area contributed by atoms with Crippen molar-refractivity contribution in [2.75, 3.05) is 43.4 Å². The average molecular weight is 615 g/mol. The first kappa shape index (κ1) is 32.2. The van der Waals surface area contributed by atoms with E-state index in [9.17, 15) is 10.3 Å². The summed E-state index contributed by atoms with van der Waals surface area (Å²) >= 11 is 0. The van der Waals surface area contributed by atoms with Crippen molar-refractivity contribution in [3.05, 3.63) is 47.4 Å². The Labute approximate surface area is 263 Å². The van der Waals surface area contributed by atoms with E-state index in [4.69, 9.17) is 14.5 Å². The molecular formula is C32H47BN8O2Si. The topological polar surface area (TPSA) is 115 Å². The zero-order valence-corrected chi connectivity index (χ0v) is 28.8. The molecule has 0 spiro atoms. The Balaban J connectivity index is 1.46. The first-order valence-corrected chi connectivity index (χ1v) is 18.5. The van der Waals surface area contributed by atoms with E-state index in [-0.39, 0.29) is 5.04 Å². The van der Waals surface area contributed by atoms with Crippen molar-refractivity contribution >= 4 is 32.7 Å². The standard InChI is InChI=1S/C32H47BN8O2Si/c1-22-28(19-41(38-22)25-11-14-39(7)15-12-25)37-30-35-13-10-27(36-30)23-16-24(18-34)29-26(17-23)32(5,20-40(29)33(6)42)21-43-44(8,9)31(2,3)4/h10,13,16-17,19,25,42H,11-12,14-15,20-21H2,1-9H3,(H,35,36,37)/t32-/m1/s1. The number of nitrogens with one attached hydrogen (secondary N) is 1. The Morgan fingerprint density at radius 2 is 1.95 bits per heavy atom. The smallest absolute Gasteiger partial charge is 0.409 e. The van der Waals surface area contributed by atoms with Gasteiger partial charge in [-0.25, -0.2) is 9.97 Å². The van der Waals surface area contributed by atoms with Gasteiger partial charge < -0.3 is 24.5 Å². The van der Waals surface area contributed by atoms with E-state index in [1.165, 1.54) is 0 Å². The van der Waals surface area contributed by atoms with Crippen molar-refractivity contribution in [1.29, 1.82) is 5.26 Å². The molecule has 0 bridgehead atoms. The van der Waals surface area contributed by atoms with Crippen LogP contribution in [-0.4, -0.2) is 78.3 Å². The van der Waals surface area contributed by atoms with Gasteiger partial charge in [0.15, 0.2) is 8.32 Å². The number of anilines is 3. The maximum absolute atomic E-state index is 10.7. The molecule has 2 N–H and O–H groups in total. The molecule has 1 aromatic carbocycles.